The highest BCUT2D eigenvalue weighted by molar-refractivity contribution is 7.92. The number of aliphatic hydroxyl groups is 1. The summed E-state index contributed by atoms with van der Waals surface area (Å²) in [6, 6.07) is 10.7. The summed E-state index contributed by atoms with van der Waals surface area (Å²) in [5.74, 6) is -0.397. The summed E-state index contributed by atoms with van der Waals surface area (Å²) >= 11 is 0. The molecule has 4 bridgehead atoms. The number of benzene rings is 2. The number of rotatable bonds is 4. The van der Waals surface area contributed by atoms with Crippen molar-refractivity contribution in [2.75, 3.05) is 30.8 Å². The Bertz CT molecular complexity index is 1340. The monoisotopic (exact) mass is 525 g/mol. The van der Waals surface area contributed by atoms with Gasteiger partial charge in [0.2, 0.25) is 10.0 Å². The van der Waals surface area contributed by atoms with Crippen molar-refractivity contribution in [3.63, 3.8) is 0 Å². The predicted octanol–water partition coefficient (Wildman–Crippen LogP) is 2.04. The van der Waals surface area contributed by atoms with Crippen molar-refractivity contribution in [1.29, 1.82) is 0 Å². The van der Waals surface area contributed by atoms with E-state index < -0.39 is 27.9 Å². The molecule has 0 radical (unpaired) electrons. The van der Waals surface area contributed by atoms with Crippen LogP contribution in [0.4, 0.5) is 5.69 Å². The Morgan fingerprint density at radius 1 is 1.05 bits per heavy atom. The molecule has 10 heteroatoms. The quantitative estimate of drug-likeness (QED) is 0.561. The fourth-order valence-electron chi connectivity index (χ4n) is 4.33. The Balaban J connectivity index is 1.78. The number of sulfonamides is 1. The number of amides is 2. The van der Waals surface area contributed by atoms with E-state index in [0.717, 1.165) is 16.1 Å². The Hall–Kier alpha value is -3.63. The molecule has 3 atom stereocenters. The first-order valence-electron chi connectivity index (χ1n) is 12.0. The van der Waals surface area contributed by atoms with Gasteiger partial charge in [0.1, 0.15) is 12.4 Å². The predicted molar refractivity (Wildman–Crippen MR) is 141 cm³/mol. The summed E-state index contributed by atoms with van der Waals surface area (Å²) < 4.78 is 31.5. The molecular formula is C27H31N3O6S. The van der Waals surface area contributed by atoms with Crippen LogP contribution in [0.2, 0.25) is 0 Å². The third-order valence-electron chi connectivity index (χ3n) is 6.52. The molecule has 2 aromatic rings. The first kappa shape index (κ1) is 26.4. The Morgan fingerprint density at radius 3 is 2.43 bits per heavy atom. The van der Waals surface area contributed by atoms with Crippen LogP contribution < -0.4 is 19.7 Å². The lowest BCUT2D eigenvalue weighted by atomic mass is 9.92. The third kappa shape index (κ3) is 6.58. The minimum atomic E-state index is -3.66. The van der Waals surface area contributed by atoms with Crippen molar-refractivity contribution >= 4 is 27.5 Å². The largest absolute Gasteiger partial charge is 0.491 e. The zero-order valence-electron chi connectivity index (χ0n) is 20.8. The number of hydrogen-bond acceptors (Lipinski definition) is 6. The summed E-state index contributed by atoms with van der Waals surface area (Å²) in [4.78, 5) is 26.6. The molecule has 4 rings (SSSR count). The lowest BCUT2D eigenvalue weighted by Crippen LogP contribution is -2.44. The maximum Gasteiger partial charge on any atom is 0.251 e. The average Bonchev–Trinajstić information content (AvgIpc) is 2.89. The molecule has 0 fully saturated rings. The van der Waals surface area contributed by atoms with E-state index in [1.54, 1.807) is 0 Å². The van der Waals surface area contributed by atoms with Crippen LogP contribution in [0.5, 0.6) is 5.75 Å². The smallest absolute Gasteiger partial charge is 0.251 e. The summed E-state index contributed by atoms with van der Waals surface area (Å²) in [5.41, 5.74) is 1.27. The van der Waals surface area contributed by atoms with Gasteiger partial charge in [0, 0.05) is 24.1 Å². The molecule has 196 valence electrons. The van der Waals surface area contributed by atoms with Crippen molar-refractivity contribution < 1.29 is 27.9 Å². The van der Waals surface area contributed by atoms with Crippen molar-refractivity contribution in [3.8, 4) is 5.75 Å². The zero-order valence-corrected chi connectivity index (χ0v) is 21.6. The summed E-state index contributed by atoms with van der Waals surface area (Å²) in [7, 11) is -2.30. The second-order valence-corrected chi connectivity index (χ2v) is 11.3. The zero-order chi connectivity index (χ0) is 26.6. The van der Waals surface area contributed by atoms with Gasteiger partial charge >= 0.3 is 0 Å². The van der Waals surface area contributed by atoms with Gasteiger partial charge in [0.25, 0.3) is 11.8 Å². The number of allylic oxidation sites excluding steroid dienone is 3. The van der Waals surface area contributed by atoms with E-state index in [9.17, 15) is 23.1 Å². The molecule has 9 nitrogen and oxygen atoms in total. The van der Waals surface area contributed by atoms with Crippen LogP contribution in [0, 0.1) is 5.92 Å². The van der Waals surface area contributed by atoms with Gasteiger partial charge in [-0.15, -0.1) is 0 Å². The first-order valence-corrected chi connectivity index (χ1v) is 13.9. The normalized spacial score (nSPS) is 22.2. The summed E-state index contributed by atoms with van der Waals surface area (Å²) in [6.45, 7) is -0.106. The molecule has 3 N–H and O–H groups in total. The third-order valence-corrected chi connectivity index (χ3v) is 7.72. The number of fused-ring (bicyclic) bond motifs is 4. The number of ether oxygens (including phenoxy) is 1. The number of aliphatic hydroxyl groups excluding tert-OH is 1. The van der Waals surface area contributed by atoms with Gasteiger partial charge in [-0.25, -0.2) is 8.42 Å². The lowest BCUT2D eigenvalue weighted by Gasteiger charge is -2.27. The average molecular weight is 526 g/mol. The number of nitrogens with zero attached hydrogens (tertiary/aromatic N) is 1. The van der Waals surface area contributed by atoms with Crippen LogP contribution in [-0.4, -0.2) is 63.9 Å². The molecule has 1 aliphatic carbocycles. The highest BCUT2D eigenvalue weighted by atomic mass is 32.2. The minimum absolute atomic E-state index is 0.0174. The van der Waals surface area contributed by atoms with Gasteiger partial charge in [0.05, 0.1) is 30.6 Å². The van der Waals surface area contributed by atoms with Crippen LogP contribution in [0.25, 0.3) is 0 Å². The van der Waals surface area contributed by atoms with E-state index >= 15 is 0 Å². The van der Waals surface area contributed by atoms with E-state index in [1.807, 2.05) is 48.6 Å². The fraction of sp³-hybridized carbons (Fsp3) is 0.333. The standard InChI is InChI=1S/C27H31N3O6S/c1-30(37(2,34)35)23-14-20-13-21(15-23)27(33)29-25(19-8-4-3-5-9-19)17-36-24-10-6-7-18(12-24)11-22(16-31)28-26(20)32/h3-8,10,12-15,19,22,25,31H,9,11,16-17H2,1-2H3,(H,28,32)(H,29,33)/t19?,22?,25-/m1/s1. The molecule has 2 aliphatic rings. The maximum atomic E-state index is 13.4. The molecule has 0 aromatic heterocycles. The topological polar surface area (TPSA) is 125 Å². The fourth-order valence-corrected chi connectivity index (χ4v) is 4.82. The van der Waals surface area contributed by atoms with Crippen LogP contribution in [0.1, 0.15) is 32.7 Å². The van der Waals surface area contributed by atoms with Crippen LogP contribution in [0.15, 0.2) is 66.8 Å². The molecule has 0 saturated carbocycles. The van der Waals surface area contributed by atoms with Crippen LogP contribution >= 0.6 is 0 Å². The highest BCUT2D eigenvalue weighted by Gasteiger charge is 2.26. The molecule has 1 heterocycles. The van der Waals surface area contributed by atoms with Crippen LogP contribution in [0.3, 0.4) is 0 Å². The number of anilines is 1. The SMILES string of the molecule is CN(c1cc2cc(c1)C(=O)N[C@@H](C1C=CC=CC1)COc1cccc(c1)CC(CO)NC2=O)S(C)(=O)=O. The van der Waals surface area contributed by atoms with Gasteiger partial charge in [0.15, 0.2) is 0 Å². The van der Waals surface area contributed by atoms with Crippen molar-refractivity contribution in [3.05, 3.63) is 83.5 Å². The minimum Gasteiger partial charge on any atom is -0.491 e. The van der Waals surface area contributed by atoms with Gasteiger partial charge in [-0.2, -0.15) is 0 Å². The molecule has 0 spiro atoms. The van der Waals surface area contributed by atoms with E-state index in [1.165, 1.54) is 25.2 Å². The molecule has 2 aromatic carbocycles. The van der Waals surface area contributed by atoms with E-state index in [0.29, 0.717) is 18.6 Å². The second-order valence-electron chi connectivity index (χ2n) is 9.31. The van der Waals surface area contributed by atoms with Crippen molar-refractivity contribution in [1.82, 2.24) is 10.6 Å². The van der Waals surface area contributed by atoms with E-state index in [4.69, 9.17) is 4.74 Å². The Morgan fingerprint density at radius 2 is 1.78 bits per heavy atom. The molecule has 1 aliphatic heterocycles. The molecule has 2 unspecified atom stereocenters. The first-order chi connectivity index (χ1) is 17.6. The Kier molecular flexibility index (Phi) is 7.99. The molecule has 0 saturated heterocycles. The number of carbonyl (C=O) groups excluding carboxylic acids is 2. The molecule has 37 heavy (non-hydrogen) atoms. The van der Waals surface area contributed by atoms with Crippen LogP contribution in [-0.2, 0) is 16.4 Å². The second kappa shape index (κ2) is 11.2. The summed E-state index contributed by atoms with van der Waals surface area (Å²) in [5, 5.41) is 15.7. The summed E-state index contributed by atoms with van der Waals surface area (Å²) in [6.07, 6.45) is 10.0. The number of hydrogen-bond donors (Lipinski definition) is 3. The van der Waals surface area contributed by atoms with E-state index in [-0.39, 0.29) is 42.0 Å². The van der Waals surface area contributed by atoms with Gasteiger partial charge in [-0.05, 0) is 48.7 Å². The van der Waals surface area contributed by atoms with Gasteiger partial charge < -0.3 is 20.5 Å². The molecular weight excluding hydrogens is 494 g/mol. The van der Waals surface area contributed by atoms with Crippen molar-refractivity contribution in [2.45, 2.75) is 24.9 Å². The molecule has 2 amide bonds. The van der Waals surface area contributed by atoms with Gasteiger partial charge in [-0.1, -0.05) is 36.4 Å². The van der Waals surface area contributed by atoms with Crippen molar-refractivity contribution in [2.24, 2.45) is 5.92 Å². The highest BCUT2D eigenvalue weighted by Crippen LogP contribution is 2.24. The van der Waals surface area contributed by atoms with Gasteiger partial charge in [-0.3, -0.25) is 13.9 Å². The maximum absolute atomic E-state index is 13.4. The lowest BCUT2D eigenvalue weighted by molar-refractivity contribution is 0.0906. The number of carbonyl (C=O) groups is 2. The Labute approximate surface area is 216 Å². The number of nitrogens with one attached hydrogen (secondary N) is 2. The van der Waals surface area contributed by atoms with E-state index in [2.05, 4.69) is 10.6 Å².